The number of halogens is 1. The molecule has 0 aliphatic heterocycles. The predicted molar refractivity (Wildman–Crippen MR) is 43.5 cm³/mol. The summed E-state index contributed by atoms with van der Waals surface area (Å²) in [5.74, 6) is 0. The monoisotopic (exact) mass is 185 g/mol. The SMILES string of the molecule is CCC(Br)C1=[C]CC=C1. The fourth-order valence-electron chi connectivity index (χ4n) is 0.857. The molecule has 0 aromatic rings. The van der Waals surface area contributed by atoms with Crippen LogP contribution >= 0.6 is 15.9 Å². The van der Waals surface area contributed by atoms with Crippen molar-refractivity contribution < 1.29 is 0 Å². The summed E-state index contributed by atoms with van der Waals surface area (Å²) >= 11 is 3.55. The van der Waals surface area contributed by atoms with E-state index in [0.717, 1.165) is 12.8 Å². The van der Waals surface area contributed by atoms with E-state index in [4.69, 9.17) is 0 Å². The number of hydrogen-bond acceptors (Lipinski definition) is 0. The molecular weight excluding hydrogens is 176 g/mol. The van der Waals surface area contributed by atoms with E-state index in [1.807, 2.05) is 0 Å². The molecule has 1 aliphatic carbocycles. The molecule has 9 heavy (non-hydrogen) atoms. The van der Waals surface area contributed by atoms with Crippen LogP contribution in [0, 0.1) is 6.08 Å². The van der Waals surface area contributed by atoms with Crippen LogP contribution in [0.4, 0.5) is 0 Å². The fraction of sp³-hybridized carbons (Fsp3) is 0.500. The molecule has 0 saturated carbocycles. The van der Waals surface area contributed by atoms with Crippen LogP contribution in [0.15, 0.2) is 17.7 Å². The second kappa shape index (κ2) is 3.21. The zero-order valence-corrected chi connectivity index (χ0v) is 7.11. The van der Waals surface area contributed by atoms with Crippen molar-refractivity contribution in [1.82, 2.24) is 0 Å². The maximum Gasteiger partial charge on any atom is 0.0395 e. The van der Waals surface area contributed by atoms with Gasteiger partial charge in [0.1, 0.15) is 0 Å². The van der Waals surface area contributed by atoms with E-state index in [2.05, 4.69) is 41.1 Å². The zero-order chi connectivity index (χ0) is 6.69. The second-order valence-corrected chi connectivity index (χ2v) is 3.22. The molecule has 0 bridgehead atoms. The van der Waals surface area contributed by atoms with Crippen molar-refractivity contribution in [3.8, 4) is 0 Å². The first kappa shape index (κ1) is 7.07. The number of hydrogen-bond donors (Lipinski definition) is 0. The zero-order valence-electron chi connectivity index (χ0n) is 5.52. The molecule has 49 valence electrons. The first-order chi connectivity index (χ1) is 4.34. The Hall–Kier alpha value is -0.0400. The molecule has 1 aliphatic rings. The van der Waals surface area contributed by atoms with Crippen molar-refractivity contribution in [3.63, 3.8) is 0 Å². The molecule has 0 amide bonds. The molecule has 0 fully saturated rings. The quantitative estimate of drug-likeness (QED) is 0.581. The van der Waals surface area contributed by atoms with Gasteiger partial charge in [0.25, 0.3) is 0 Å². The topological polar surface area (TPSA) is 0 Å². The van der Waals surface area contributed by atoms with Crippen LogP contribution in [0.5, 0.6) is 0 Å². The summed E-state index contributed by atoms with van der Waals surface area (Å²) in [5, 5.41) is 0. The van der Waals surface area contributed by atoms with Gasteiger partial charge >= 0.3 is 0 Å². The maximum atomic E-state index is 3.55. The van der Waals surface area contributed by atoms with Gasteiger partial charge in [0.05, 0.1) is 0 Å². The van der Waals surface area contributed by atoms with Gasteiger partial charge in [-0.25, -0.2) is 0 Å². The summed E-state index contributed by atoms with van der Waals surface area (Å²) in [6, 6.07) is 0. The highest BCUT2D eigenvalue weighted by Crippen LogP contribution is 2.20. The Kier molecular flexibility index (Phi) is 2.52. The Labute approximate surface area is 64.8 Å². The van der Waals surface area contributed by atoms with Gasteiger partial charge in [0.15, 0.2) is 0 Å². The standard InChI is InChI=1S/C8H10Br/c1-2-8(9)7-5-3-4-6-7/h3,5,8H,2,4H2,1H3. The van der Waals surface area contributed by atoms with E-state index < -0.39 is 0 Å². The molecule has 1 heteroatoms. The summed E-state index contributed by atoms with van der Waals surface area (Å²) in [4.78, 5) is 0.524. The smallest absolute Gasteiger partial charge is 0.0395 e. The van der Waals surface area contributed by atoms with Crippen LogP contribution in [0.1, 0.15) is 19.8 Å². The van der Waals surface area contributed by atoms with Crippen molar-refractivity contribution in [2.75, 3.05) is 0 Å². The molecule has 1 atom stereocenters. The van der Waals surface area contributed by atoms with Crippen LogP contribution in [0.2, 0.25) is 0 Å². The number of rotatable bonds is 2. The minimum Gasteiger partial charge on any atom is -0.0839 e. The molecule has 0 saturated heterocycles. The maximum absolute atomic E-state index is 3.55. The Morgan fingerprint density at radius 2 is 2.67 bits per heavy atom. The molecule has 1 rings (SSSR count). The van der Waals surface area contributed by atoms with Crippen LogP contribution in [0.25, 0.3) is 0 Å². The van der Waals surface area contributed by atoms with Crippen molar-refractivity contribution in [2.24, 2.45) is 0 Å². The van der Waals surface area contributed by atoms with Crippen molar-refractivity contribution in [3.05, 3.63) is 23.8 Å². The predicted octanol–water partition coefficient (Wildman–Crippen LogP) is 2.85. The largest absolute Gasteiger partial charge is 0.0839 e. The summed E-state index contributed by atoms with van der Waals surface area (Å²) in [7, 11) is 0. The minimum absolute atomic E-state index is 0.524. The lowest BCUT2D eigenvalue weighted by Crippen LogP contribution is -1.95. The van der Waals surface area contributed by atoms with E-state index in [9.17, 15) is 0 Å². The van der Waals surface area contributed by atoms with Gasteiger partial charge in [0, 0.05) is 4.83 Å². The number of allylic oxidation sites excluding steroid dienone is 4. The third-order valence-electron chi connectivity index (χ3n) is 1.42. The molecule has 1 unspecified atom stereocenters. The van der Waals surface area contributed by atoms with Gasteiger partial charge in [0.2, 0.25) is 0 Å². The Bertz CT molecular complexity index is 145. The average Bonchev–Trinajstić information content (AvgIpc) is 2.37. The van der Waals surface area contributed by atoms with Gasteiger partial charge in [-0.15, -0.1) is 0 Å². The fourth-order valence-corrected chi connectivity index (χ4v) is 1.17. The van der Waals surface area contributed by atoms with Crippen molar-refractivity contribution >= 4 is 15.9 Å². The molecule has 1 radical (unpaired) electrons. The summed E-state index contributed by atoms with van der Waals surface area (Å²) in [6.07, 6.45) is 9.69. The van der Waals surface area contributed by atoms with Gasteiger partial charge in [-0.05, 0) is 24.5 Å². The van der Waals surface area contributed by atoms with Gasteiger partial charge in [-0.3, -0.25) is 0 Å². The highest BCUT2D eigenvalue weighted by Gasteiger charge is 2.06. The third kappa shape index (κ3) is 1.68. The van der Waals surface area contributed by atoms with Crippen molar-refractivity contribution in [1.29, 1.82) is 0 Å². The average molecular weight is 186 g/mol. The van der Waals surface area contributed by atoms with Gasteiger partial charge in [-0.1, -0.05) is 35.0 Å². The van der Waals surface area contributed by atoms with Crippen LogP contribution in [0.3, 0.4) is 0 Å². The molecule has 0 N–H and O–H groups in total. The molecule has 0 aromatic heterocycles. The second-order valence-electron chi connectivity index (χ2n) is 2.11. The first-order valence-corrected chi connectivity index (χ1v) is 4.17. The van der Waals surface area contributed by atoms with Crippen LogP contribution < -0.4 is 0 Å². The lowest BCUT2D eigenvalue weighted by molar-refractivity contribution is 0.957. The van der Waals surface area contributed by atoms with Crippen LogP contribution in [-0.4, -0.2) is 4.83 Å². The van der Waals surface area contributed by atoms with E-state index in [0.29, 0.717) is 4.83 Å². The third-order valence-corrected chi connectivity index (χ3v) is 2.56. The molecule has 0 heterocycles. The highest BCUT2D eigenvalue weighted by atomic mass is 79.9. The minimum atomic E-state index is 0.524. The van der Waals surface area contributed by atoms with Gasteiger partial charge < -0.3 is 0 Å². The van der Waals surface area contributed by atoms with Crippen molar-refractivity contribution in [2.45, 2.75) is 24.6 Å². The van der Waals surface area contributed by atoms with E-state index in [1.165, 1.54) is 5.57 Å². The molecule has 0 aromatic carbocycles. The van der Waals surface area contributed by atoms with E-state index in [-0.39, 0.29) is 0 Å². The van der Waals surface area contributed by atoms with Gasteiger partial charge in [-0.2, -0.15) is 0 Å². The molecular formula is C8H10Br. The van der Waals surface area contributed by atoms with Crippen LogP contribution in [-0.2, 0) is 0 Å². The first-order valence-electron chi connectivity index (χ1n) is 3.26. The lowest BCUT2D eigenvalue weighted by Gasteiger charge is -2.03. The highest BCUT2D eigenvalue weighted by molar-refractivity contribution is 9.09. The Morgan fingerprint density at radius 1 is 1.89 bits per heavy atom. The summed E-state index contributed by atoms with van der Waals surface area (Å²) in [5.41, 5.74) is 1.32. The Balaban J connectivity index is 2.51. The lowest BCUT2D eigenvalue weighted by atomic mass is 10.2. The number of alkyl halides is 1. The van der Waals surface area contributed by atoms with E-state index >= 15 is 0 Å². The van der Waals surface area contributed by atoms with E-state index in [1.54, 1.807) is 0 Å². The normalized spacial score (nSPS) is 20.0. The Morgan fingerprint density at radius 3 is 3.11 bits per heavy atom. The molecule has 0 nitrogen and oxygen atoms in total. The summed E-state index contributed by atoms with van der Waals surface area (Å²) in [6.45, 7) is 2.17. The summed E-state index contributed by atoms with van der Waals surface area (Å²) < 4.78 is 0. The molecule has 0 spiro atoms.